The highest BCUT2D eigenvalue weighted by molar-refractivity contribution is 5.86. The fraction of sp³-hybridized carbons (Fsp3) is 0.200. The molecule has 0 aliphatic rings. The van der Waals surface area contributed by atoms with Crippen LogP contribution in [0.15, 0.2) is 60.7 Å². The van der Waals surface area contributed by atoms with Crippen molar-refractivity contribution in [3.8, 4) is 5.75 Å². The molecule has 0 aromatic heterocycles. The lowest BCUT2D eigenvalue weighted by Crippen LogP contribution is -2.18. The van der Waals surface area contributed by atoms with Gasteiger partial charge < -0.3 is 9.84 Å². The number of halogens is 1. The summed E-state index contributed by atoms with van der Waals surface area (Å²) in [6.45, 7) is 0. The Hall–Kier alpha value is -3.39. The van der Waals surface area contributed by atoms with Crippen LogP contribution in [0.1, 0.15) is 30.9 Å². The van der Waals surface area contributed by atoms with Gasteiger partial charge >= 0.3 is 6.09 Å². The maximum Gasteiger partial charge on any atom is 0.412 e. The largest absolute Gasteiger partial charge is 0.505 e. The van der Waals surface area contributed by atoms with Crippen LogP contribution in [0, 0.1) is 5.82 Å². The van der Waals surface area contributed by atoms with Crippen LogP contribution >= 0.6 is 0 Å². The summed E-state index contributed by atoms with van der Waals surface area (Å²) in [5.74, 6) is -1.95. The molecule has 0 spiro atoms. The highest BCUT2D eigenvalue weighted by atomic mass is 19.1. The van der Waals surface area contributed by atoms with E-state index in [9.17, 15) is 19.1 Å². The van der Waals surface area contributed by atoms with Gasteiger partial charge in [-0.15, -0.1) is 0 Å². The SMILES string of the molecule is O=C(/C=C/CCC[C@H](OC(=O)Nc1ccccc1)c1ccc(O)c(F)c1)NO. The number of anilines is 1. The van der Waals surface area contributed by atoms with E-state index in [-0.39, 0.29) is 0 Å². The molecule has 1 atom stereocenters. The van der Waals surface area contributed by atoms with Gasteiger partial charge in [0.15, 0.2) is 11.6 Å². The number of benzene rings is 2. The Morgan fingerprint density at radius 1 is 1.18 bits per heavy atom. The van der Waals surface area contributed by atoms with E-state index in [0.717, 1.165) is 6.07 Å². The van der Waals surface area contributed by atoms with Crippen molar-refractivity contribution >= 4 is 17.7 Å². The normalized spacial score (nSPS) is 11.8. The molecule has 0 radical (unpaired) electrons. The van der Waals surface area contributed by atoms with Gasteiger partial charge in [0.25, 0.3) is 5.91 Å². The van der Waals surface area contributed by atoms with Crippen LogP contribution in [-0.2, 0) is 9.53 Å². The fourth-order valence-electron chi connectivity index (χ4n) is 2.46. The molecule has 148 valence electrons. The van der Waals surface area contributed by atoms with E-state index < -0.39 is 29.7 Å². The predicted octanol–water partition coefficient (Wildman–Crippen LogP) is 4.05. The number of amides is 2. The van der Waals surface area contributed by atoms with Gasteiger partial charge in [-0.3, -0.25) is 15.3 Å². The lowest BCUT2D eigenvalue weighted by Gasteiger charge is -2.19. The smallest absolute Gasteiger partial charge is 0.412 e. The molecule has 2 amide bonds. The van der Waals surface area contributed by atoms with Crippen molar-refractivity contribution in [1.82, 2.24) is 5.48 Å². The second-order valence-electron chi connectivity index (χ2n) is 5.91. The van der Waals surface area contributed by atoms with Crippen molar-refractivity contribution in [2.75, 3.05) is 5.32 Å². The lowest BCUT2D eigenvalue weighted by molar-refractivity contribution is -0.124. The first-order valence-electron chi connectivity index (χ1n) is 8.61. The number of allylic oxidation sites excluding steroid dienone is 1. The lowest BCUT2D eigenvalue weighted by atomic mass is 10.0. The number of aromatic hydroxyl groups is 1. The quantitative estimate of drug-likeness (QED) is 0.236. The Kier molecular flexibility index (Phi) is 7.98. The van der Waals surface area contributed by atoms with Gasteiger partial charge in [-0.1, -0.05) is 30.3 Å². The van der Waals surface area contributed by atoms with E-state index in [1.165, 1.54) is 23.7 Å². The molecule has 2 aromatic carbocycles. The molecule has 0 saturated heterocycles. The summed E-state index contributed by atoms with van der Waals surface area (Å²) in [5.41, 5.74) is 2.44. The molecule has 0 saturated carbocycles. The van der Waals surface area contributed by atoms with E-state index in [1.807, 2.05) is 6.07 Å². The first-order valence-corrected chi connectivity index (χ1v) is 8.61. The minimum atomic E-state index is -0.811. The third kappa shape index (κ3) is 6.73. The molecule has 7 nitrogen and oxygen atoms in total. The molecule has 4 N–H and O–H groups in total. The number of unbranched alkanes of at least 4 members (excludes halogenated alkanes) is 1. The number of hydrogen-bond donors (Lipinski definition) is 4. The Bertz CT molecular complexity index is 827. The summed E-state index contributed by atoms with van der Waals surface area (Å²) in [6.07, 6.45) is 2.66. The van der Waals surface area contributed by atoms with Gasteiger partial charge in [0.2, 0.25) is 0 Å². The predicted molar refractivity (Wildman–Crippen MR) is 100 cm³/mol. The maximum atomic E-state index is 13.7. The topological polar surface area (TPSA) is 108 Å². The van der Waals surface area contributed by atoms with Gasteiger partial charge in [0.05, 0.1) is 0 Å². The van der Waals surface area contributed by atoms with Crippen LogP contribution in [0.5, 0.6) is 5.75 Å². The van der Waals surface area contributed by atoms with Gasteiger partial charge in [-0.25, -0.2) is 14.7 Å². The van der Waals surface area contributed by atoms with E-state index in [1.54, 1.807) is 30.3 Å². The van der Waals surface area contributed by atoms with Crippen LogP contribution in [-0.4, -0.2) is 22.3 Å². The Morgan fingerprint density at radius 3 is 2.61 bits per heavy atom. The summed E-state index contributed by atoms with van der Waals surface area (Å²) < 4.78 is 19.2. The molecule has 8 heteroatoms. The van der Waals surface area contributed by atoms with Crippen LogP contribution in [0.25, 0.3) is 0 Å². The van der Waals surface area contributed by atoms with Gasteiger partial charge in [0, 0.05) is 11.8 Å². The number of phenols is 1. The van der Waals surface area contributed by atoms with E-state index in [2.05, 4.69) is 5.32 Å². The summed E-state index contributed by atoms with van der Waals surface area (Å²) in [6, 6.07) is 12.5. The third-order valence-electron chi connectivity index (χ3n) is 3.83. The molecule has 0 heterocycles. The summed E-state index contributed by atoms with van der Waals surface area (Å²) in [5, 5.41) is 20.4. The molecular formula is C20H21FN2O5. The first-order chi connectivity index (χ1) is 13.5. The van der Waals surface area contributed by atoms with Gasteiger partial charge in [-0.05, 0) is 49.1 Å². The Morgan fingerprint density at radius 2 is 1.93 bits per heavy atom. The minimum absolute atomic E-state index is 0.359. The highest BCUT2D eigenvalue weighted by Crippen LogP contribution is 2.28. The van der Waals surface area contributed by atoms with Crippen molar-refractivity contribution in [3.63, 3.8) is 0 Å². The number of para-hydroxylation sites is 1. The van der Waals surface area contributed by atoms with Crippen LogP contribution in [0.2, 0.25) is 0 Å². The van der Waals surface area contributed by atoms with Crippen molar-refractivity contribution in [2.24, 2.45) is 0 Å². The zero-order chi connectivity index (χ0) is 20.4. The first kappa shape index (κ1) is 20.9. The molecule has 2 aromatic rings. The van der Waals surface area contributed by atoms with Crippen molar-refractivity contribution in [3.05, 3.63) is 72.1 Å². The number of nitrogens with one attached hydrogen (secondary N) is 2. The molecule has 2 rings (SSSR count). The third-order valence-corrected chi connectivity index (χ3v) is 3.83. The molecule has 0 aliphatic carbocycles. The van der Waals surface area contributed by atoms with Crippen LogP contribution in [0.3, 0.4) is 0 Å². The van der Waals surface area contributed by atoms with Crippen molar-refractivity contribution in [2.45, 2.75) is 25.4 Å². The van der Waals surface area contributed by atoms with Crippen molar-refractivity contribution < 1.29 is 29.0 Å². The van der Waals surface area contributed by atoms with Gasteiger partial charge in [0.1, 0.15) is 6.10 Å². The maximum absolute atomic E-state index is 13.7. The molecule has 0 aliphatic heterocycles. The second-order valence-corrected chi connectivity index (χ2v) is 5.91. The zero-order valence-corrected chi connectivity index (χ0v) is 15.0. The molecule has 0 fully saturated rings. The number of hydroxylamine groups is 1. The second kappa shape index (κ2) is 10.7. The Balaban J connectivity index is 2.02. The molecule has 28 heavy (non-hydrogen) atoms. The van der Waals surface area contributed by atoms with Crippen LogP contribution in [0.4, 0.5) is 14.9 Å². The Labute approximate surface area is 161 Å². The average Bonchev–Trinajstić information content (AvgIpc) is 2.69. The number of phenolic OH excluding ortho intramolecular Hbond substituents is 1. The number of ether oxygens (including phenoxy) is 1. The number of carbonyl (C=O) groups excluding carboxylic acids is 2. The highest BCUT2D eigenvalue weighted by Gasteiger charge is 2.18. The van der Waals surface area contributed by atoms with E-state index in [0.29, 0.717) is 30.5 Å². The van der Waals surface area contributed by atoms with Crippen LogP contribution < -0.4 is 10.8 Å². The number of carbonyl (C=O) groups is 2. The van der Waals surface area contributed by atoms with Crippen molar-refractivity contribution in [1.29, 1.82) is 0 Å². The zero-order valence-electron chi connectivity index (χ0n) is 15.0. The summed E-state index contributed by atoms with van der Waals surface area (Å²) in [4.78, 5) is 23.1. The minimum Gasteiger partial charge on any atom is -0.505 e. The average molecular weight is 388 g/mol. The number of rotatable bonds is 8. The monoisotopic (exact) mass is 388 g/mol. The number of hydrogen-bond acceptors (Lipinski definition) is 5. The van der Waals surface area contributed by atoms with E-state index in [4.69, 9.17) is 9.94 Å². The van der Waals surface area contributed by atoms with Gasteiger partial charge in [-0.2, -0.15) is 0 Å². The molecule has 0 bridgehead atoms. The molecule has 0 unspecified atom stereocenters. The van der Waals surface area contributed by atoms with E-state index >= 15 is 0 Å². The standard InChI is InChI=1S/C20H21FN2O5/c21-16-13-14(11-12-17(16)24)18(9-5-2-6-10-19(25)23-27)28-20(26)22-15-7-3-1-4-8-15/h1,3-4,6-8,10-13,18,24,27H,2,5,9H2,(H,22,26)(H,23,25)/b10-6+/t18-/m0/s1. The summed E-state index contributed by atoms with van der Waals surface area (Å²) >= 11 is 0. The molecular weight excluding hydrogens is 367 g/mol. The fourth-order valence-corrected chi connectivity index (χ4v) is 2.46. The summed E-state index contributed by atoms with van der Waals surface area (Å²) in [7, 11) is 0.